The molecule has 1 N–H and O–H groups in total. The molecule has 232 valence electrons. The minimum Gasteiger partial charge on any atom is -0.355 e. The molecular weight excluding hydrogens is 591 g/mol. The third kappa shape index (κ3) is 6.37. The molecule has 0 radical (unpaired) electrons. The number of carbonyl (C=O) groups is 2. The Kier molecular flexibility index (Phi) is 8.62. The fourth-order valence-corrected chi connectivity index (χ4v) is 6.58. The molecule has 5 aromatic rings. The summed E-state index contributed by atoms with van der Waals surface area (Å²) in [7, 11) is -2.22. The number of carbonyl (C=O) groups excluding carboxylic acids is 2. The summed E-state index contributed by atoms with van der Waals surface area (Å²) in [6.45, 7) is 5.92. The molecule has 2 aromatic heterocycles. The lowest BCUT2D eigenvalue weighted by molar-refractivity contribution is 0.0952. The molecule has 3 aromatic carbocycles. The van der Waals surface area contributed by atoms with Crippen molar-refractivity contribution in [1.82, 2.24) is 14.9 Å². The van der Waals surface area contributed by atoms with Gasteiger partial charge in [-0.25, -0.2) is 17.3 Å². The molecule has 45 heavy (non-hydrogen) atoms. The number of halogens is 1. The number of fused-ring (bicyclic) bond motifs is 1. The maximum atomic E-state index is 13.7. The van der Waals surface area contributed by atoms with E-state index in [-0.39, 0.29) is 24.3 Å². The monoisotopic (exact) mass is 626 g/mol. The SMILES string of the molecule is CCN(c1cn2nc(-c3ccc(F)cc3)c(C(=O)NC)c2cc1-c1cccc(C(=O)CC(C)(C)c2ccccc2)c1)S(C)(=O)=O. The van der Waals surface area contributed by atoms with Crippen LogP contribution < -0.4 is 9.62 Å². The van der Waals surface area contributed by atoms with E-state index in [4.69, 9.17) is 0 Å². The van der Waals surface area contributed by atoms with Gasteiger partial charge in [-0.05, 0) is 59.9 Å². The average molecular weight is 627 g/mol. The van der Waals surface area contributed by atoms with E-state index in [1.807, 2.05) is 44.2 Å². The van der Waals surface area contributed by atoms with E-state index in [0.717, 1.165) is 11.8 Å². The van der Waals surface area contributed by atoms with E-state index in [0.29, 0.717) is 39.2 Å². The first-order chi connectivity index (χ1) is 21.3. The highest BCUT2D eigenvalue weighted by atomic mass is 32.2. The smallest absolute Gasteiger partial charge is 0.255 e. The van der Waals surface area contributed by atoms with Crippen molar-refractivity contribution < 1.29 is 22.4 Å². The lowest BCUT2D eigenvalue weighted by Crippen LogP contribution is -2.30. The van der Waals surface area contributed by atoms with Gasteiger partial charge in [-0.15, -0.1) is 0 Å². The van der Waals surface area contributed by atoms with Crippen LogP contribution in [0.3, 0.4) is 0 Å². The molecule has 0 spiro atoms. The maximum absolute atomic E-state index is 13.7. The van der Waals surface area contributed by atoms with E-state index >= 15 is 0 Å². The topological polar surface area (TPSA) is 101 Å². The molecule has 10 heteroatoms. The van der Waals surface area contributed by atoms with Crippen molar-refractivity contribution in [2.45, 2.75) is 32.6 Å². The van der Waals surface area contributed by atoms with E-state index in [9.17, 15) is 22.4 Å². The number of hydrogen-bond acceptors (Lipinski definition) is 5. The fourth-order valence-electron chi connectivity index (χ4n) is 5.61. The second-order valence-corrected chi connectivity index (χ2v) is 13.5. The standard InChI is InChI=1S/C35H35FN4O4S/c1-6-40(45(5,43)44)30-22-39-29(32(34(42)37-4)33(38-39)23-15-17-27(36)18-16-23)20-28(30)24-11-10-12-25(19-24)31(41)21-35(2,3)26-13-8-7-9-14-26/h7-20,22H,6,21H2,1-5H3,(H,37,42). The zero-order valence-electron chi connectivity index (χ0n) is 25.8. The van der Waals surface area contributed by atoms with Crippen molar-refractivity contribution in [3.63, 3.8) is 0 Å². The van der Waals surface area contributed by atoms with E-state index in [1.165, 1.54) is 40.1 Å². The Bertz CT molecular complexity index is 2000. The van der Waals surface area contributed by atoms with Crippen molar-refractivity contribution in [1.29, 1.82) is 0 Å². The maximum Gasteiger partial charge on any atom is 0.255 e. The molecule has 0 aliphatic heterocycles. The molecule has 0 atom stereocenters. The average Bonchev–Trinajstić information content (AvgIpc) is 3.39. The largest absolute Gasteiger partial charge is 0.355 e. The molecule has 0 saturated carbocycles. The fraction of sp³-hybridized carbons (Fsp3) is 0.229. The molecular formula is C35H35FN4O4S. The van der Waals surface area contributed by atoms with Gasteiger partial charge in [0.15, 0.2) is 5.78 Å². The highest BCUT2D eigenvalue weighted by molar-refractivity contribution is 7.92. The first-order valence-corrected chi connectivity index (χ1v) is 16.4. The molecule has 0 fully saturated rings. The lowest BCUT2D eigenvalue weighted by atomic mass is 9.79. The lowest BCUT2D eigenvalue weighted by Gasteiger charge is -2.25. The number of amides is 1. The van der Waals surface area contributed by atoms with Crippen molar-refractivity contribution in [2.24, 2.45) is 0 Å². The number of sulfonamides is 1. The van der Waals surface area contributed by atoms with Gasteiger partial charge in [0, 0.05) is 36.7 Å². The first-order valence-electron chi connectivity index (χ1n) is 14.6. The Morgan fingerprint density at radius 1 is 0.956 bits per heavy atom. The predicted molar refractivity (Wildman–Crippen MR) is 176 cm³/mol. The number of aromatic nitrogens is 2. The van der Waals surface area contributed by atoms with Crippen molar-refractivity contribution in [2.75, 3.05) is 24.2 Å². The van der Waals surface area contributed by atoms with Crippen LogP contribution in [-0.4, -0.2) is 49.6 Å². The van der Waals surface area contributed by atoms with Gasteiger partial charge >= 0.3 is 0 Å². The molecule has 0 bridgehead atoms. The van der Waals surface area contributed by atoms with Crippen LogP contribution >= 0.6 is 0 Å². The number of ketones is 1. The summed E-state index contributed by atoms with van der Waals surface area (Å²) in [5.74, 6) is -0.898. The predicted octanol–water partition coefficient (Wildman–Crippen LogP) is 6.50. The molecule has 5 rings (SSSR count). The first kappa shape index (κ1) is 31.6. The van der Waals surface area contributed by atoms with E-state index in [2.05, 4.69) is 10.4 Å². The zero-order chi connectivity index (χ0) is 32.5. The van der Waals surface area contributed by atoms with Gasteiger partial charge < -0.3 is 5.32 Å². The van der Waals surface area contributed by atoms with Crippen LogP contribution in [0.15, 0.2) is 91.1 Å². The minimum absolute atomic E-state index is 0.0576. The van der Waals surface area contributed by atoms with Gasteiger partial charge in [0.05, 0.1) is 29.2 Å². The quantitative estimate of drug-likeness (QED) is 0.178. The van der Waals surface area contributed by atoms with Crippen LogP contribution in [0, 0.1) is 5.82 Å². The summed E-state index contributed by atoms with van der Waals surface area (Å²) in [5.41, 5.74) is 4.05. The number of nitrogens with zero attached hydrogens (tertiary/aromatic N) is 3. The summed E-state index contributed by atoms with van der Waals surface area (Å²) in [4.78, 5) is 26.9. The summed E-state index contributed by atoms with van der Waals surface area (Å²) >= 11 is 0. The number of anilines is 1. The number of hydrogen-bond donors (Lipinski definition) is 1. The second-order valence-electron chi connectivity index (χ2n) is 11.6. The molecule has 1 amide bonds. The van der Waals surface area contributed by atoms with Crippen LogP contribution in [0.5, 0.6) is 0 Å². The van der Waals surface area contributed by atoms with Crippen molar-refractivity contribution >= 4 is 32.9 Å². The summed E-state index contributed by atoms with van der Waals surface area (Å²) in [6.07, 6.45) is 2.96. The third-order valence-corrected chi connectivity index (χ3v) is 9.19. The summed E-state index contributed by atoms with van der Waals surface area (Å²) in [5, 5.41) is 7.30. The third-order valence-electron chi connectivity index (χ3n) is 7.93. The van der Waals surface area contributed by atoms with E-state index in [1.54, 1.807) is 43.5 Å². The zero-order valence-corrected chi connectivity index (χ0v) is 26.7. The Labute approximate surface area is 262 Å². The van der Waals surface area contributed by atoms with Gasteiger partial charge in [0.2, 0.25) is 10.0 Å². The molecule has 0 aliphatic carbocycles. The Hall–Kier alpha value is -4.83. The van der Waals surface area contributed by atoms with Crippen LogP contribution in [0.25, 0.3) is 27.9 Å². The summed E-state index contributed by atoms with van der Waals surface area (Å²) in [6, 6.07) is 24.3. The van der Waals surface area contributed by atoms with Crippen molar-refractivity contribution in [3.05, 3.63) is 114 Å². The molecule has 8 nitrogen and oxygen atoms in total. The molecule has 0 unspecified atom stereocenters. The van der Waals surface area contributed by atoms with Gasteiger partial charge in [0.25, 0.3) is 5.91 Å². The highest BCUT2D eigenvalue weighted by Gasteiger charge is 2.28. The molecule has 0 saturated heterocycles. The van der Waals surface area contributed by atoms with Crippen LogP contribution in [0.4, 0.5) is 10.1 Å². The molecule has 2 heterocycles. The van der Waals surface area contributed by atoms with Gasteiger partial charge in [-0.3, -0.25) is 13.9 Å². The highest BCUT2D eigenvalue weighted by Crippen LogP contribution is 2.37. The van der Waals surface area contributed by atoms with Crippen LogP contribution in [-0.2, 0) is 15.4 Å². The number of benzene rings is 3. The Morgan fingerprint density at radius 2 is 1.64 bits per heavy atom. The van der Waals surface area contributed by atoms with Crippen LogP contribution in [0.2, 0.25) is 0 Å². The Balaban J connectivity index is 1.70. The van der Waals surface area contributed by atoms with Gasteiger partial charge in [0.1, 0.15) is 11.5 Å². The number of Topliss-reactive ketones (excluding diaryl/α,β-unsaturated/α-hetero) is 1. The van der Waals surface area contributed by atoms with Gasteiger partial charge in [-0.1, -0.05) is 62.4 Å². The number of rotatable bonds is 10. The minimum atomic E-state index is -3.73. The summed E-state index contributed by atoms with van der Waals surface area (Å²) < 4.78 is 42.4. The number of nitrogens with one attached hydrogen (secondary N) is 1. The Morgan fingerprint density at radius 3 is 2.27 bits per heavy atom. The van der Waals surface area contributed by atoms with Gasteiger partial charge in [-0.2, -0.15) is 5.10 Å². The second kappa shape index (κ2) is 12.3. The van der Waals surface area contributed by atoms with E-state index < -0.39 is 27.2 Å². The van der Waals surface area contributed by atoms with Crippen LogP contribution in [0.1, 0.15) is 53.5 Å². The molecule has 0 aliphatic rings. The normalized spacial score (nSPS) is 11.9. The van der Waals surface area contributed by atoms with Crippen molar-refractivity contribution in [3.8, 4) is 22.4 Å². The number of pyridine rings is 1.